The predicted molar refractivity (Wildman–Crippen MR) is 85.2 cm³/mol. The highest BCUT2D eigenvalue weighted by Crippen LogP contribution is 2.37. The summed E-state index contributed by atoms with van der Waals surface area (Å²) >= 11 is 0. The molecule has 1 fully saturated rings. The third-order valence-corrected chi connectivity index (χ3v) is 4.74. The van der Waals surface area contributed by atoms with Crippen LogP contribution in [0.25, 0.3) is 0 Å². The van der Waals surface area contributed by atoms with Gasteiger partial charge in [-0.25, -0.2) is 0 Å². The molecule has 1 atom stereocenters. The van der Waals surface area contributed by atoms with Crippen molar-refractivity contribution < 1.29 is 4.74 Å². The number of rotatable bonds is 7. The molecular weight excluding hydrogens is 246 g/mol. The molecule has 1 N–H and O–H groups in total. The Morgan fingerprint density at radius 1 is 1.10 bits per heavy atom. The van der Waals surface area contributed by atoms with Crippen LogP contribution in [0.4, 0.5) is 0 Å². The van der Waals surface area contributed by atoms with Gasteiger partial charge >= 0.3 is 0 Å². The number of nitrogens with one attached hydrogen (secondary N) is 1. The second kappa shape index (κ2) is 7.24. The summed E-state index contributed by atoms with van der Waals surface area (Å²) in [5.41, 5.74) is 2.87. The van der Waals surface area contributed by atoms with Crippen LogP contribution >= 0.6 is 0 Å². The Morgan fingerprint density at radius 2 is 1.70 bits per heavy atom. The first-order chi connectivity index (χ1) is 9.74. The highest BCUT2D eigenvalue weighted by molar-refractivity contribution is 5.24. The molecule has 0 radical (unpaired) electrons. The highest BCUT2D eigenvalue weighted by Gasteiger charge is 2.41. The molecule has 0 heterocycles. The van der Waals surface area contributed by atoms with Gasteiger partial charge in [-0.2, -0.15) is 0 Å². The van der Waals surface area contributed by atoms with Crippen molar-refractivity contribution in [2.24, 2.45) is 0 Å². The molecule has 1 aromatic rings. The lowest BCUT2D eigenvalue weighted by Crippen LogP contribution is -2.51. The van der Waals surface area contributed by atoms with Crippen LogP contribution in [0.15, 0.2) is 24.3 Å². The van der Waals surface area contributed by atoms with E-state index in [1.54, 1.807) is 0 Å². The molecule has 0 aromatic heterocycles. The Hall–Kier alpha value is -0.860. The minimum atomic E-state index is 0.0485. The van der Waals surface area contributed by atoms with E-state index >= 15 is 0 Å². The number of hydrogen-bond donors (Lipinski definition) is 1. The SMILES string of the molecule is CCOC1(C(Cc2ccc(CC)cc2)NC)CCCC1. The summed E-state index contributed by atoms with van der Waals surface area (Å²) in [6.45, 7) is 5.13. The molecule has 2 nitrogen and oxygen atoms in total. The van der Waals surface area contributed by atoms with E-state index in [-0.39, 0.29) is 5.60 Å². The molecule has 0 saturated heterocycles. The van der Waals surface area contributed by atoms with Gasteiger partial charge in [-0.1, -0.05) is 44.0 Å². The van der Waals surface area contributed by atoms with Crippen LogP contribution in [-0.2, 0) is 17.6 Å². The number of benzene rings is 1. The van der Waals surface area contributed by atoms with Gasteiger partial charge in [0.25, 0.3) is 0 Å². The van der Waals surface area contributed by atoms with Crippen LogP contribution < -0.4 is 5.32 Å². The molecule has 2 heteroatoms. The largest absolute Gasteiger partial charge is 0.374 e. The van der Waals surface area contributed by atoms with Crippen molar-refractivity contribution in [1.82, 2.24) is 5.32 Å². The zero-order valence-corrected chi connectivity index (χ0v) is 13.2. The standard InChI is InChI=1S/C18H29NO/c1-4-15-8-10-16(11-9-15)14-17(19-3)18(20-5-2)12-6-7-13-18/h8-11,17,19H,4-7,12-14H2,1-3H3. The van der Waals surface area contributed by atoms with Gasteiger partial charge < -0.3 is 10.1 Å². The van der Waals surface area contributed by atoms with Gasteiger partial charge in [0.15, 0.2) is 0 Å². The smallest absolute Gasteiger partial charge is 0.0837 e. The van der Waals surface area contributed by atoms with Gasteiger partial charge in [0.1, 0.15) is 0 Å². The van der Waals surface area contributed by atoms with Crippen molar-refractivity contribution in [1.29, 1.82) is 0 Å². The lowest BCUT2D eigenvalue weighted by atomic mass is 9.87. The van der Waals surface area contributed by atoms with Crippen molar-refractivity contribution in [3.8, 4) is 0 Å². The quantitative estimate of drug-likeness (QED) is 0.818. The third-order valence-electron chi connectivity index (χ3n) is 4.74. The van der Waals surface area contributed by atoms with Crippen LogP contribution in [0.2, 0.25) is 0 Å². The van der Waals surface area contributed by atoms with Gasteiger partial charge in [-0.15, -0.1) is 0 Å². The maximum atomic E-state index is 6.20. The van der Waals surface area contributed by atoms with E-state index in [1.807, 2.05) is 0 Å². The average Bonchev–Trinajstić information content (AvgIpc) is 2.95. The highest BCUT2D eigenvalue weighted by atomic mass is 16.5. The predicted octanol–water partition coefficient (Wildman–Crippen LogP) is 3.73. The molecule has 0 spiro atoms. The molecular formula is C18H29NO. The van der Waals surface area contributed by atoms with E-state index in [9.17, 15) is 0 Å². The molecule has 0 amide bonds. The molecule has 1 aliphatic rings. The first-order valence-electron chi connectivity index (χ1n) is 8.13. The summed E-state index contributed by atoms with van der Waals surface area (Å²) in [4.78, 5) is 0. The summed E-state index contributed by atoms with van der Waals surface area (Å²) in [5.74, 6) is 0. The van der Waals surface area contributed by atoms with Crippen LogP contribution in [0.5, 0.6) is 0 Å². The fourth-order valence-electron chi connectivity index (χ4n) is 3.55. The van der Waals surface area contributed by atoms with E-state index in [4.69, 9.17) is 4.74 Å². The summed E-state index contributed by atoms with van der Waals surface area (Å²) in [6.07, 6.45) is 7.15. The zero-order valence-electron chi connectivity index (χ0n) is 13.2. The number of ether oxygens (including phenoxy) is 1. The maximum absolute atomic E-state index is 6.20. The Labute approximate surface area is 123 Å². The van der Waals surface area contributed by atoms with E-state index in [1.165, 1.54) is 36.8 Å². The number of aryl methyl sites for hydroxylation is 1. The van der Waals surface area contributed by atoms with Gasteiger partial charge in [0, 0.05) is 12.6 Å². The monoisotopic (exact) mass is 275 g/mol. The van der Waals surface area contributed by atoms with Crippen molar-refractivity contribution >= 4 is 0 Å². The fraction of sp³-hybridized carbons (Fsp3) is 0.667. The molecule has 1 saturated carbocycles. The van der Waals surface area contributed by atoms with Gasteiger partial charge in [0.2, 0.25) is 0 Å². The van der Waals surface area contributed by atoms with Crippen LogP contribution in [0.1, 0.15) is 50.7 Å². The first-order valence-corrected chi connectivity index (χ1v) is 8.13. The molecule has 20 heavy (non-hydrogen) atoms. The Balaban J connectivity index is 2.10. The van der Waals surface area contributed by atoms with Crippen LogP contribution in [-0.4, -0.2) is 25.3 Å². The van der Waals surface area contributed by atoms with Crippen LogP contribution in [0.3, 0.4) is 0 Å². The Morgan fingerprint density at radius 3 is 2.20 bits per heavy atom. The summed E-state index contributed by atoms with van der Waals surface area (Å²) in [7, 11) is 2.07. The van der Waals surface area contributed by atoms with E-state index in [0.717, 1.165) is 19.4 Å². The summed E-state index contributed by atoms with van der Waals surface area (Å²) in [5, 5.41) is 3.52. The van der Waals surface area contributed by atoms with Crippen molar-refractivity contribution in [3.05, 3.63) is 35.4 Å². The lowest BCUT2D eigenvalue weighted by Gasteiger charge is -2.37. The second-order valence-corrected chi connectivity index (χ2v) is 5.92. The topological polar surface area (TPSA) is 21.3 Å². The Kier molecular flexibility index (Phi) is 5.62. The third kappa shape index (κ3) is 3.42. The van der Waals surface area contributed by atoms with E-state index < -0.39 is 0 Å². The summed E-state index contributed by atoms with van der Waals surface area (Å²) < 4.78 is 6.20. The maximum Gasteiger partial charge on any atom is 0.0837 e. The second-order valence-electron chi connectivity index (χ2n) is 5.92. The van der Waals surface area contributed by atoms with Gasteiger partial charge in [0.05, 0.1) is 5.60 Å². The minimum Gasteiger partial charge on any atom is -0.374 e. The van der Waals surface area contributed by atoms with Crippen molar-refractivity contribution in [3.63, 3.8) is 0 Å². The van der Waals surface area contributed by atoms with Crippen molar-refractivity contribution in [2.75, 3.05) is 13.7 Å². The van der Waals surface area contributed by atoms with E-state index in [0.29, 0.717) is 6.04 Å². The number of hydrogen-bond acceptors (Lipinski definition) is 2. The molecule has 1 aliphatic carbocycles. The van der Waals surface area contributed by atoms with Crippen molar-refractivity contribution in [2.45, 2.75) is 64.0 Å². The molecule has 2 rings (SSSR count). The molecule has 1 unspecified atom stereocenters. The van der Waals surface area contributed by atoms with E-state index in [2.05, 4.69) is 50.5 Å². The average molecular weight is 275 g/mol. The lowest BCUT2D eigenvalue weighted by molar-refractivity contribution is -0.0597. The Bertz CT molecular complexity index is 392. The first kappa shape index (κ1) is 15.5. The van der Waals surface area contributed by atoms with Gasteiger partial charge in [-0.3, -0.25) is 0 Å². The molecule has 0 aliphatic heterocycles. The fourth-order valence-corrected chi connectivity index (χ4v) is 3.55. The number of likely N-dealkylation sites (N-methyl/N-ethyl adjacent to an activating group) is 1. The summed E-state index contributed by atoms with van der Waals surface area (Å²) in [6, 6.07) is 9.47. The molecule has 112 valence electrons. The normalized spacial score (nSPS) is 19.1. The van der Waals surface area contributed by atoms with Gasteiger partial charge in [-0.05, 0) is 50.8 Å². The molecule has 0 bridgehead atoms. The van der Waals surface area contributed by atoms with Crippen LogP contribution in [0, 0.1) is 0 Å². The zero-order chi connectivity index (χ0) is 14.4. The molecule has 1 aromatic carbocycles. The minimum absolute atomic E-state index is 0.0485.